The molecule has 33 heavy (non-hydrogen) atoms. The van der Waals surface area contributed by atoms with Crippen molar-refractivity contribution >= 4 is 0 Å². The van der Waals surface area contributed by atoms with Gasteiger partial charge in [-0.1, -0.05) is 42.0 Å². The normalized spacial score (nSPS) is 12.2. The van der Waals surface area contributed by atoms with Gasteiger partial charge in [0.2, 0.25) is 5.88 Å². The largest absolute Gasteiger partial charge is 0.439 e. The molecule has 1 unspecified atom stereocenters. The average Bonchev–Trinajstić information content (AvgIpc) is 3.13. The van der Waals surface area contributed by atoms with Crippen molar-refractivity contribution in [3.8, 4) is 17.3 Å². The predicted molar refractivity (Wildman–Crippen MR) is 132 cm³/mol. The number of rotatable bonds is 13. The third kappa shape index (κ3) is 7.02. The van der Waals surface area contributed by atoms with Crippen LogP contribution in [0.5, 0.6) is 11.6 Å². The van der Waals surface area contributed by atoms with E-state index in [-0.39, 0.29) is 0 Å². The molecule has 0 aliphatic heterocycles. The van der Waals surface area contributed by atoms with Crippen molar-refractivity contribution in [2.24, 2.45) is 0 Å². The van der Waals surface area contributed by atoms with E-state index in [1.807, 2.05) is 72.3 Å². The minimum Gasteiger partial charge on any atom is -0.439 e. The van der Waals surface area contributed by atoms with E-state index in [9.17, 15) is 5.11 Å². The second-order valence-electron chi connectivity index (χ2n) is 8.28. The van der Waals surface area contributed by atoms with E-state index >= 15 is 0 Å². The number of methoxy groups -OCH3 is 1. The van der Waals surface area contributed by atoms with Crippen molar-refractivity contribution in [1.29, 1.82) is 0 Å². The highest BCUT2D eigenvalue weighted by atomic mass is 16.5. The molecule has 0 spiro atoms. The second-order valence-corrected chi connectivity index (χ2v) is 8.28. The lowest BCUT2D eigenvalue weighted by molar-refractivity contribution is 0.0804. The van der Waals surface area contributed by atoms with Gasteiger partial charge in [0.05, 0.1) is 29.7 Å². The molecule has 1 N–H and O–H groups in total. The Morgan fingerprint density at radius 2 is 1.85 bits per heavy atom. The first-order valence-electron chi connectivity index (χ1n) is 11.4. The highest BCUT2D eigenvalue weighted by Gasteiger charge is 2.22. The summed E-state index contributed by atoms with van der Waals surface area (Å²) in [6, 6.07) is 18.0. The summed E-state index contributed by atoms with van der Waals surface area (Å²) in [6.07, 6.45) is 2.86. The van der Waals surface area contributed by atoms with Crippen molar-refractivity contribution in [2.45, 2.75) is 39.3 Å². The number of aliphatic hydroxyl groups excluding tert-OH is 1. The molecule has 0 saturated carbocycles. The van der Waals surface area contributed by atoms with Crippen LogP contribution in [0.2, 0.25) is 0 Å². The van der Waals surface area contributed by atoms with Gasteiger partial charge in [0.25, 0.3) is 0 Å². The molecule has 0 aliphatic rings. The average molecular weight is 450 g/mol. The zero-order chi connectivity index (χ0) is 23.6. The van der Waals surface area contributed by atoms with Crippen molar-refractivity contribution < 1.29 is 14.6 Å². The molecule has 0 amide bonds. The molecule has 0 radical (unpaired) electrons. The van der Waals surface area contributed by atoms with Crippen molar-refractivity contribution in [3.05, 3.63) is 84.1 Å². The number of hydrogen-bond acceptors (Lipinski definition) is 5. The van der Waals surface area contributed by atoms with Crippen LogP contribution in [0.15, 0.2) is 67.3 Å². The van der Waals surface area contributed by atoms with E-state index in [0.29, 0.717) is 38.5 Å². The minimum atomic E-state index is -0.439. The van der Waals surface area contributed by atoms with Gasteiger partial charge in [0, 0.05) is 26.7 Å². The Bertz CT molecular complexity index is 999. The van der Waals surface area contributed by atoms with Crippen LogP contribution >= 0.6 is 0 Å². The fourth-order valence-electron chi connectivity index (χ4n) is 3.67. The lowest BCUT2D eigenvalue weighted by atomic mass is 10.1. The molecular formula is C27H35N3O3. The molecule has 6 heteroatoms. The van der Waals surface area contributed by atoms with Gasteiger partial charge in [-0.15, -0.1) is 6.58 Å². The summed E-state index contributed by atoms with van der Waals surface area (Å²) in [4.78, 5) is 2.19. The Morgan fingerprint density at radius 1 is 1.12 bits per heavy atom. The van der Waals surface area contributed by atoms with Crippen molar-refractivity contribution in [3.63, 3.8) is 0 Å². The van der Waals surface area contributed by atoms with Crippen LogP contribution in [0.4, 0.5) is 0 Å². The Hall–Kier alpha value is -2.93. The Labute approximate surface area is 197 Å². The van der Waals surface area contributed by atoms with Gasteiger partial charge in [0.1, 0.15) is 5.75 Å². The summed E-state index contributed by atoms with van der Waals surface area (Å²) >= 11 is 0. The van der Waals surface area contributed by atoms with Crippen LogP contribution in [0.1, 0.15) is 29.7 Å². The second kappa shape index (κ2) is 12.3. The first-order chi connectivity index (χ1) is 16.0. The number of para-hydroxylation sites is 1. The van der Waals surface area contributed by atoms with E-state index in [1.165, 1.54) is 5.56 Å². The molecule has 6 nitrogen and oxygen atoms in total. The lowest BCUT2D eigenvalue weighted by Gasteiger charge is -2.25. The zero-order valence-corrected chi connectivity index (χ0v) is 19.9. The third-order valence-corrected chi connectivity index (χ3v) is 5.54. The molecule has 176 valence electrons. The monoisotopic (exact) mass is 449 g/mol. The number of aryl methyl sites for hydroxylation is 2. The number of ether oxygens (including phenoxy) is 2. The molecule has 1 aromatic heterocycles. The maximum absolute atomic E-state index is 10.5. The van der Waals surface area contributed by atoms with Crippen LogP contribution < -0.4 is 4.74 Å². The molecule has 3 rings (SSSR count). The number of aromatic nitrogens is 2. The first-order valence-corrected chi connectivity index (χ1v) is 11.4. The fourth-order valence-corrected chi connectivity index (χ4v) is 3.67. The van der Waals surface area contributed by atoms with Gasteiger partial charge in [-0.2, -0.15) is 5.10 Å². The van der Waals surface area contributed by atoms with Crippen LogP contribution in [-0.4, -0.2) is 52.7 Å². The summed E-state index contributed by atoms with van der Waals surface area (Å²) in [5.74, 6) is 1.44. The molecule has 3 aromatic rings. The minimum absolute atomic E-state index is 0.439. The van der Waals surface area contributed by atoms with Crippen molar-refractivity contribution in [2.75, 3.05) is 26.8 Å². The molecule has 2 aromatic carbocycles. The summed E-state index contributed by atoms with van der Waals surface area (Å²) in [6.45, 7) is 10.2. The van der Waals surface area contributed by atoms with Gasteiger partial charge in [-0.05, 0) is 51.0 Å². The Balaban J connectivity index is 1.94. The molecule has 0 aliphatic carbocycles. The summed E-state index contributed by atoms with van der Waals surface area (Å²) in [5.41, 5.74) is 3.99. The van der Waals surface area contributed by atoms with Crippen LogP contribution in [0.25, 0.3) is 5.69 Å². The topological polar surface area (TPSA) is 59.8 Å². The first kappa shape index (κ1) is 24.7. The lowest BCUT2D eigenvalue weighted by Crippen LogP contribution is -2.34. The van der Waals surface area contributed by atoms with Crippen molar-refractivity contribution in [1.82, 2.24) is 14.7 Å². The molecule has 1 heterocycles. The highest BCUT2D eigenvalue weighted by molar-refractivity contribution is 5.43. The number of hydrogen-bond donors (Lipinski definition) is 1. The summed E-state index contributed by atoms with van der Waals surface area (Å²) < 4.78 is 13.6. The highest BCUT2D eigenvalue weighted by Crippen LogP contribution is 2.32. The standard InChI is InChI=1S/C27H35N3O3/c1-5-6-12-24(31)19-29(17-18-32-4)20-26-22(3)28-30(23-10-8-7-9-11-23)27(26)33-25-15-13-21(2)14-16-25/h5,7-11,13-16,24,31H,1,6,12,17-20H2,2-4H3. The van der Waals surface area contributed by atoms with E-state index in [4.69, 9.17) is 14.6 Å². The third-order valence-electron chi connectivity index (χ3n) is 5.54. The molecule has 0 bridgehead atoms. The molecule has 0 saturated heterocycles. The maximum atomic E-state index is 10.5. The van der Waals surface area contributed by atoms with E-state index in [1.54, 1.807) is 7.11 Å². The molecule has 0 fully saturated rings. The number of benzene rings is 2. The van der Waals surface area contributed by atoms with E-state index < -0.39 is 6.10 Å². The number of aliphatic hydroxyl groups is 1. The van der Waals surface area contributed by atoms with Gasteiger partial charge >= 0.3 is 0 Å². The fraction of sp³-hybridized carbons (Fsp3) is 0.370. The van der Waals surface area contributed by atoms with Gasteiger partial charge in [-0.25, -0.2) is 4.68 Å². The Morgan fingerprint density at radius 3 is 2.52 bits per heavy atom. The Kier molecular flexibility index (Phi) is 9.24. The van der Waals surface area contributed by atoms with Gasteiger partial charge < -0.3 is 14.6 Å². The van der Waals surface area contributed by atoms with Gasteiger partial charge in [-0.3, -0.25) is 4.90 Å². The zero-order valence-electron chi connectivity index (χ0n) is 19.9. The molecular weight excluding hydrogens is 414 g/mol. The van der Waals surface area contributed by atoms with E-state index in [2.05, 4.69) is 18.4 Å². The quantitative estimate of drug-likeness (QED) is 0.370. The van der Waals surface area contributed by atoms with E-state index in [0.717, 1.165) is 29.1 Å². The summed E-state index contributed by atoms with van der Waals surface area (Å²) in [7, 11) is 1.69. The molecule has 1 atom stereocenters. The van der Waals surface area contributed by atoms with Gasteiger partial charge in [0.15, 0.2) is 0 Å². The number of allylic oxidation sites excluding steroid dienone is 1. The van der Waals surface area contributed by atoms with Crippen LogP contribution in [-0.2, 0) is 11.3 Å². The number of nitrogens with zero attached hydrogens (tertiary/aromatic N) is 3. The van der Waals surface area contributed by atoms with Crippen LogP contribution in [0, 0.1) is 13.8 Å². The predicted octanol–water partition coefficient (Wildman–Crippen LogP) is 5.06. The smallest absolute Gasteiger partial charge is 0.227 e. The maximum Gasteiger partial charge on any atom is 0.227 e. The SMILES string of the molecule is C=CCCC(O)CN(CCOC)Cc1c(C)nn(-c2ccccc2)c1Oc1ccc(C)cc1. The summed E-state index contributed by atoms with van der Waals surface area (Å²) in [5, 5.41) is 15.3. The van der Waals surface area contributed by atoms with Crippen LogP contribution in [0.3, 0.4) is 0 Å².